The predicted octanol–water partition coefficient (Wildman–Crippen LogP) is 1.71. The molecule has 0 aromatic carbocycles. The summed E-state index contributed by atoms with van der Waals surface area (Å²) in [5.74, 6) is 0. The number of aromatic nitrogens is 1. The van der Waals surface area contributed by atoms with Gasteiger partial charge < -0.3 is 5.73 Å². The van der Waals surface area contributed by atoms with Crippen LogP contribution in [0.3, 0.4) is 0 Å². The molecule has 0 unspecified atom stereocenters. The van der Waals surface area contributed by atoms with Crippen LogP contribution in [0.1, 0.15) is 10.4 Å². The summed E-state index contributed by atoms with van der Waals surface area (Å²) < 4.78 is 27.0. The van der Waals surface area contributed by atoms with E-state index in [-0.39, 0.29) is 4.21 Å². The summed E-state index contributed by atoms with van der Waals surface area (Å²) in [6.07, 6.45) is 3.15. The SMILES string of the molecule is Cc1cnccc1NS(=O)(=O)c1ccc(CN)s1. The number of nitrogens with two attached hydrogens (primary N) is 1. The Hall–Kier alpha value is -1.44. The molecule has 0 bridgehead atoms. The molecule has 0 spiro atoms. The Kier molecular flexibility index (Phi) is 3.65. The lowest BCUT2D eigenvalue weighted by Gasteiger charge is -2.08. The number of thiophene rings is 1. The van der Waals surface area contributed by atoms with Gasteiger partial charge in [-0.3, -0.25) is 9.71 Å². The van der Waals surface area contributed by atoms with E-state index in [0.29, 0.717) is 12.2 Å². The molecule has 2 aromatic rings. The molecular formula is C11H13N3O2S2. The van der Waals surface area contributed by atoms with Gasteiger partial charge in [0.1, 0.15) is 4.21 Å². The van der Waals surface area contributed by atoms with Crippen LogP contribution in [-0.4, -0.2) is 13.4 Å². The van der Waals surface area contributed by atoms with Crippen LogP contribution in [-0.2, 0) is 16.6 Å². The third-order valence-corrected chi connectivity index (χ3v) is 5.33. The normalized spacial score (nSPS) is 11.4. The maximum absolute atomic E-state index is 12.1. The number of pyridine rings is 1. The fourth-order valence-electron chi connectivity index (χ4n) is 1.40. The molecule has 18 heavy (non-hydrogen) atoms. The number of hydrogen-bond donors (Lipinski definition) is 2. The van der Waals surface area contributed by atoms with Crippen molar-refractivity contribution in [1.82, 2.24) is 4.98 Å². The smallest absolute Gasteiger partial charge is 0.271 e. The lowest BCUT2D eigenvalue weighted by molar-refractivity contribution is 0.603. The highest BCUT2D eigenvalue weighted by molar-refractivity contribution is 7.94. The number of sulfonamides is 1. The molecule has 2 aromatic heterocycles. The van der Waals surface area contributed by atoms with Crippen LogP contribution in [0.15, 0.2) is 34.8 Å². The summed E-state index contributed by atoms with van der Waals surface area (Å²) in [5.41, 5.74) is 6.78. The van der Waals surface area contributed by atoms with E-state index < -0.39 is 10.0 Å². The minimum absolute atomic E-state index is 0.263. The highest BCUT2D eigenvalue weighted by Gasteiger charge is 2.17. The van der Waals surface area contributed by atoms with Crippen LogP contribution in [0, 0.1) is 6.92 Å². The second kappa shape index (κ2) is 5.05. The van der Waals surface area contributed by atoms with Crippen LogP contribution < -0.4 is 10.5 Å². The highest BCUT2D eigenvalue weighted by atomic mass is 32.2. The van der Waals surface area contributed by atoms with Crippen LogP contribution in [0.25, 0.3) is 0 Å². The molecule has 0 fully saturated rings. The molecule has 5 nitrogen and oxygen atoms in total. The zero-order chi connectivity index (χ0) is 13.2. The number of anilines is 1. The minimum Gasteiger partial charge on any atom is -0.326 e. The summed E-state index contributed by atoms with van der Waals surface area (Å²) in [7, 11) is -3.54. The first-order valence-electron chi connectivity index (χ1n) is 5.25. The molecule has 0 aliphatic heterocycles. The number of nitrogens with zero attached hydrogens (tertiary/aromatic N) is 1. The van der Waals surface area contributed by atoms with Gasteiger partial charge in [0.15, 0.2) is 0 Å². The van der Waals surface area contributed by atoms with Crippen molar-refractivity contribution in [3.05, 3.63) is 41.0 Å². The van der Waals surface area contributed by atoms with Gasteiger partial charge in [-0.15, -0.1) is 11.3 Å². The van der Waals surface area contributed by atoms with Gasteiger partial charge in [-0.25, -0.2) is 8.42 Å². The second-order valence-corrected chi connectivity index (χ2v) is 6.80. The largest absolute Gasteiger partial charge is 0.326 e. The maximum Gasteiger partial charge on any atom is 0.271 e. The number of aryl methyl sites for hydroxylation is 1. The molecule has 0 saturated carbocycles. The molecule has 3 N–H and O–H groups in total. The van der Waals surface area contributed by atoms with Crippen LogP contribution in [0.2, 0.25) is 0 Å². The van der Waals surface area contributed by atoms with Crippen LogP contribution in [0.5, 0.6) is 0 Å². The van der Waals surface area contributed by atoms with Gasteiger partial charge in [0.25, 0.3) is 10.0 Å². The van der Waals surface area contributed by atoms with Gasteiger partial charge in [0.2, 0.25) is 0 Å². The monoisotopic (exact) mass is 283 g/mol. The topological polar surface area (TPSA) is 85.1 Å². The van der Waals surface area contributed by atoms with Gasteiger partial charge in [-0.05, 0) is 30.7 Å². The number of nitrogens with one attached hydrogen (secondary N) is 1. The van der Waals surface area contributed by atoms with Gasteiger partial charge in [0.05, 0.1) is 5.69 Å². The molecule has 2 heterocycles. The van der Waals surface area contributed by atoms with Crippen molar-refractivity contribution < 1.29 is 8.42 Å². The quantitative estimate of drug-likeness (QED) is 0.894. The van der Waals surface area contributed by atoms with Crippen molar-refractivity contribution in [1.29, 1.82) is 0 Å². The fourth-order valence-corrected chi connectivity index (χ4v) is 3.76. The molecule has 0 amide bonds. The summed E-state index contributed by atoms with van der Waals surface area (Å²) in [5, 5.41) is 0. The molecule has 96 valence electrons. The van der Waals surface area contributed by atoms with E-state index in [9.17, 15) is 8.42 Å². The first kappa shape index (κ1) is 13.0. The Labute approximate surface area is 110 Å². The van der Waals surface area contributed by atoms with Gasteiger partial charge in [-0.2, -0.15) is 0 Å². The Balaban J connectivity index is 2.30. The van der Waals surface area contributed by atoms with Crippen molar-refractivity contribution in [3.8, 4) is 0 Å². The molecule has 0 aliphatic rings. The van der Waals surface area contributed by atoms with Gasteiger partial charge >= 0.3 is 0 Å². The lowest BCUT2D eigenvalue weighted by atomic mass is 10.3. The van der Waals surface area contributed by atoms with Crippen molar-refractivity contribution in [2.75, 3.05) is 4.72 Å². The molecule has 0 saturated heterocycles. The van der Waals surface area contributed by atoms with E-state index in [0.717, 1.165) is 10.4 Å². The molecule has 2 rings (SSSR count). The summed E-state index contributed by atoms with van der Waals surface area (Å²) in [6, 6.07) is 4.91. The van der Waals surface area contributed by atoms with Crippen molar-refractivity contribution in [3.63, 3.8) is 0 Å². The first-order chi connectivity index (χ1) is 8.53. The average molecular weight is 283 g/mol. The van der Waals surface area contributed by atoms with Gasteiger partial charge in [0, 0.05) is 23.8 Å². The zero-order valence-electron chi connectivity index (χ0n) is 9.75. The van der Waals surface area contributed by atoms with Gasteiger partial charge in [-0.1, -0.05) is 0 Å². The molecule has 0 atom stereocenters. The third-order valence-electron chi connectivity index (χ3n) is 2.37. The number of hydrogen-bond acceptors (Lipinski definition) is 5. The van der Waals surface area contributed by atoms with E-state index in [4.69, 9.17) is 5.73 Å². The Bertz CT molecular complexity index is 650. The molecular weight excluding hydrogens is 270 g/mol. The van der Waals surface area contributed by atoms with E-state index >= 15 is 0 Å². The molecule has 0 radical (unpaired) electrons. The van der Waals surface area contributed by atoms with Crippen molar-refractivity contribution in [2.24, 2.45) is 5.73 Å². The van der Waals surface area contributed by atoms with Crippen LogP contribution in [0.4, 0.5) is 5.69 Å². The summed E-state index contributed by atoms with van der Waals surface area (Å²) >= 11 is 1.17. The zero-order valence-corrected chi connectivity index (χ0v) is 11.4. The van der Waals surface area contributed by atoms with Crippen molar-refractivity contribution in [2.45, 2.75) is 17.7 Å². The summed E-state index contributed by atoms with van der Waals surface area (Å²) in [4.78, 5) is 4.75. The Morgan fingerprint density at radius 2 is 2.17 bits per heavy atom. The minimum atomic E-state index is -3.54. The second-order valence-electron chi connectivity index (χ2n) is 3.72. The maximum atomic E-state index is 12.1. The number of rotatable bonds is 4. The summed E-state index contributed by atoms with van der Waals surface area (Å²) in [6.45, 7) is 2.14. The predicted molar refractivity (Wildman–Crippen MR) is 72.0 cm³/mol. The fraction of sp³-hybridized carbons (Fsp3) is 0.182. The third kappa shape index (κ3) is 2.69. The Morgan fingerprint density at radius 3 is 2.78 bits per heavy atom. The van der Waals surface area contributed by atoms with Crippen molar-refractivity contribution >= 4 is 27.0 Å². The van der Waals surface area contributed by atoms with E-state index in [2.05, 4.69) is 9.71 Å². The Morgan fingerprint density at radius 1 is 1.39 bits per heavy atom. The van der Waals surface area contributed by atoms with E-state index in [1.54, 1.807) is 37.5 Å². The molecule has 7 heteroatoms. The van der Waals surface area contributed by atoms with E-state index in [1.807, 2.05) is 0 Å². The first-order valence-corrected chi connectivity index (χ1v) is 7.55. The van der Waals surface area contributed by atoms with Crippen LogP contribution >= 0.6 is 11.3 Å². The average Bonchev–Trinajstić information content (AvgIpc) is 2.81. The standard InChI is InChI=1S/C11H13N3O2S2/c1-8-7-13-5-4-10(8)14-18(15,16)11-3-2-9(6-12)17-11/h2-5,7H,6,12H2,1H3,(H,13,14). The highest BCUT2D eigenvalue weighted by Crippen LogP contribution is 2.24. The lowest BCUT2D eigenvalue weighted by Crippen LogP contribution is -2.12. The van der Waals surface area contributed by atoms with E-state index in [1.165, 1.54) is 11.3 Å². The molecule has 0 aliphatic carbocycles.